The molecule has 21 heavy (non-hydrogen) atoms. The molecule has 1 rings (SSSR count). The van der Waals surface area contributed by atoms with E-state index in [1.165, 1.54) is 11.8 Å². The van der Waals surface area contributed by atoms with E-state index in [1.807, 2.05) is 41.5 Å². The third-order valence-electron chi connectivity index (χ3n) is 3.10. The first kappa shape index (κ1) is 17.9. The second-order valence-electron chi connectivity index (χ2n) is 5.24. The number of aryl methyl sites for hydroxylation is 2. The molecule has 0 bridgehead atoms. The Hall–Kier alpha value is -1.14. The molecule has 1 heterocycles. The topological polar surface area (TPSA) is 64.1 Å². The van der Waals surface area contributed by atoms with Gasteiger partial charge >= 0.3 is 5.97 Å². The van der Waals surface area contributed by atoms with Gasteiger partial charge in [0.05, 0.1) is 6.61 Å². The summed E-state index contributed by atoms with van der Waals surface area (Å²) in [4.78, 5) is 20.9. The van der Waals surface area contributed by atoms with E-state index in [4.69, 9.17) is 4.74 Å². The zero-order valence-corrected chi connectivity index (χ0v) is 14.5. The van der Waals surface area contributed by atoms with E-state index in [0.29, 0.717) is 17.5 Å². The Balaban J connectivity index is 2.74. The molecule has 0 spiro atoms. The van der Waals surface area contributed by atoms with Crippen molar-refractivity contribution in [3.8, 4) is 0 Å². The fourth-order valence-electron chi connectivity index (χ4n) is 1.79. The van der Waals surface area contributed by atoms with Crippen molar-refractivity contribution < 1.29 is 9.53 Å². The minimum atomic E-state index is -0.347. The second-order valence-corrected chi connectivity index (χ2v) is 6.23. The Kier molecular flexibility index (Phi) is 7.11. The van der Waals surface area contributed by atoms with E-state index in [0.717, 1.165) is 17.0 Å². The first-order chi connectivity index (χ1) is 9.85. The summed E-state index contributed by atoms with van der Waals surface area (Å²) in [5.74, 6) is 0.332. The molecular weight excluding hydrogens is 286 g/mol. The Labute approximate surface area is 131 Å². The number of carbonyl (C=O) groups is 1. The van der Waals surface area contributed by atoms with Crippen LogP contribution in [0.25, 0.3) is 0 Å². The van der Waals surface area contributed by atoms with Crippen LogP contribution in [0, 0.1) is 20.8 Å². The lowest BCUT2D eigenvalue weighted by Crippen LogP contribution is -2.43. The molecular formula is C15H25N3O2S. The van der Waals surface area contributed by atoms with E-state index in [2.05, 4.69) is 15.3 Å². The van der Waals surface area contributed by atoms with E-state index in [-0.39, 0.29) is 18.1 Å². The van der Waals surface area contributed by atoms with Gasteiger partial charge in [0.25, 0.3) is 0 Å². The maximum absolute atomic E-state index is 11.9. The van der Waals surface area contributed by atoms with Gasteiger partial charge in [-0.3, -0.25) is 4.79 Å². The molecule has 0 saturated carbocycles. The number of hydrogen-bond donors (Lipinski definition) is 1. The molecule has 0 amide bonds. The lowest BCUT2D eigenvalue weighted by molar-refractivity contribution is -0.145. The molecule has 118 valence electrons. The Morgan fingerprint density at radius 2 is 1.81 bits per heavy atom. The first-order valence-electron chi connectivity index (χ1n) is 7.22. The van der Waals surface area contributed by atoms with E-state index in [1.54, 1.807) is 0 Å². The van der Waals surface area contributed by atoms with Gasteiger partial charge in [0.15, 0.2) is 5.16 Å². The van der Waals surface area contributed by atoms with Crippen molar-refractivity contribution in [1.82, 2.24) is 15.3 Å². The van der Waals surface area contributed by atoms with E-state index >= 15 is 0 Å². The number of thioether (sulfide) groups is 1. The zero-order chi connectivity index (χ0) is 16.0. The van der Waals surface area contributed by atoms with Crippen LogP contribution in [0.15, 0.2) is 5.16 Å². The van der Waals surface area contributed by atoms with Crippen molar-refractivity contribution in [3.05, 3.63) is 17.0 Å². The van der Waals surface area contributed by atoms with Crippen LogP contribution in [-0.4, -0.2) is 40.4 Å². The smallest absolute Gasteiger partial charge is 0.324 e. The predicted octanol–water partition coefficient (Wildman–Crippen LogP) is 2.42. The molecule has 0 aliphatic heterocycles. The average Bonchev–Trinajstić information content (AvgIpc) is 2.40. The highest BCUT2D eigenvalue weighted by Gasteiger charge is 2.21. The molecule has 5 nitrogen and oxygen atoms in total. The summed E-state index contributed by atoms with van der Waals surface area (Å²) in [7, 11) is 0. The average molecular weight is 311 g/mol. The molecule has 0 aliphatic rings. The van der Waals surface area contributed by atoms with Gasteiger partial charge in [0.1, 0.15) is 6.04 Å². The van der Waals surface area contributed by atoms with Crippen LogP contribution in [0.5, 0.6) is 0 Å². The lowest BCUT2D eigenvalue weighted by atomic mass is 10.2. The summed E-state index contributed by atoms with van der Waals surface area (Å²) in [6.45, 7) is 12.2. The SMILES string of the molecule is CCOC(=O)C(CSc1nc(C)c(C)c(C)n1)NC(C)C. The van der Waals surface area contributed by atoms with Crippen LogP contribution in [0.3, 0.4) is 0 Å². The molecule has 0 fully saturated rings. The number of rotatable bonds is 7. The number of carbonyl (C=O) groups excluding carboxylic acids is 1. The monoisotopic (exact) mass is 311 g/mol. The predicted molar refractivity (Wildman–Crippen MR) is 85.7 cm³/mol. The molecule has 1 N–H and O–H groups in total. The summed E-state index contributed by atoms with van der Waals surface area (Å²) in [6, 6.07) is -0.136. The van der Waals surface area contributed by atoms with Gasteiger partial charge in [-0.05, 0) is 33.3 Å². The number of ether oxygens (including phenoxy) is 1. The first-order valence-corrected chi connectivity index (χ1v) is 8.21. The van der Waals surface area contributed by atoms with Gasteiger partial charge in [-0.15, -0.1) is 0 Å². The van der Waals surface area contributed by atoms with Crippen molar-refractivity contribution in [2.24, 2.45) is 0 Å². The Morgan fingerprint density at radius 1 is 1.24 bits per heavy atom. The van der Waals surface area contributed by atoms with Gasteiger partial charge in [-0.2, -0.15) is 0 Å². The summed E-state index contributed by atoms with van der Waals surface area (Å²) in [5.41, 5.74) is 3.07. The maximum Gasteiger partial charge on any atom is 0.324 e. The third-order valence-corrected chi connectivity index (χ3v) is 4.04. The highest BCUT2D eigenvalue weighted by Crippen LogP contribution is 2.18. The van der Waals surface area contributed by atoms with Crippen molar-refractivity contribution in [2.45, 2.75) is 58.8 Å². The highest BCUT2D eigenvalue weighted by molar-refractivity contribution is 7.99. The van der Waals surface area contributed by atoms with Crippen LogP contribution >= 0.6 is 11.8 Å². The largest absolute Gasteiger partial charge is 0.465 e. The molecule has 6 heteroatoms. The number of aromatic nitrogens is 2. The molecule has 0 radical (unpaired) electrons. The molecule has 0 aromatic carbocycles. The summed E-state index contributed by atoms with van der Waals surface area (Å²) < 4.78 is 5.10. The normalized spacial score (nSPS) is 12.5. The molecule has 1 aromatic rings. The van der Waals surface area contributed by atoms with Crippen LogP contribution in [-0.2, 0) is 9.53 Å². The number of hydrogen-bond acceptors (Lipinski definition) is 6. The molecule has 1 aromatic heterocycles. The van der Waals surface area contributed by atoms with Crippen molar-refractivity contribution >= 4 is 17.7 Å². The van der Waals surface area contributed by atoms with Gasteiger partial charge in [0.2, 0.25) is 0 Å². The van der Waals surface area contributed by atoms with E-state index < -0.39 is 0 Å². The fraction of sp³-hybridized carbons (Fsp3) is 0.667. The third kappa shape index (κ3) is 5.63. The lowest BCUT2D eigenvalue weighted by Gasteiger charge is -2.19. The van der Waals surface area contributed by atoms with Crippen molar-refractivity contribution in [3.63, 3.8) is 0 Å². The molecule has 0 aliphatic carbocycles. The van der Waals surface area contributed by atoms with E-state index in [9.17, 15) is 4.79 Å². The standard InChI is InChI=1S/C15H25N3O2S/c1-7-20-14(19)13(16-9(2)3)8-21-15-17-11(5)10(4)12(6)18-15/h9,13,16H,7-8H2,1-6H3. The second kappa shape index (κ2) is 8.34. The number of esters is 1. The van der Waals surface area contributed by atoms with Crippen LogP contribution < -0.4 is 5.32 Å². The summed E-state index contributed by atoms with van der Waals surface area (Å²) in [5, 5.41) is 3.93. The summed E-state index contributed by atoms with van der Waals surface area (Å²) >= 11 is 1.48. The zero-order valence-electron chi connectivity index (χ0n) is 13.7. The van der Waals surface area contributed by atoms with Crippen LogP contribution in [0.2, 0.25) is 0 Å². The number of nitrogens with one attached hydrogen (secondary N) is 1. The summed E-state index contributed by atoms with van der Waals surface area (Å²) in [6.07, 6.45) is 0. The van der Waals surface area contributed by atoms with Crippen LogP contribution in [0.1, 0.15) is 37.7 Å². The van der Waals surface area contributed by atoms with Gasteiger partial charge < -0.3 is 10.1 Å². The maximum atomic E-state index is 11.9. The van der Waals surface area contributed by atoms with Gasteiger partial charge in [-0.25, -0.2) is 9.97 Å². The quantitative estimate of drug-likeness (QED) is 0.474. The van der Waals surface area contributed by atoms with Gasteiger partial charge in [-0.1, -0.05) is 25.6 Å². The Bertz CT molecular complexity index is 469. The highest BCUT2D eigenvalue weighted by atomic mass is 32.2. The Morgan fingerprint density at radius 3 is 2.29 bits per heavy atom. The molecule has 1 unspecified atom stereocenters. The molecule has 0 saturated heterocycles. The minimum Gasteiger partial charge on any atom is -0.465 e. The van der Waals surface area contributed by atoms with Gasteiger partial charge in [0, 0.05) is 23.2 Å². The minimum absolute atomic E-state index is 0.211. The fourth-order valence-corrected chi connectivity index (χ4v) is 2.74. The van der Waals surface area contributed by atoms with Crippen LogP contribution in [0.4, 0.5) is 0 Å². The van der Waals surface area contributed by atoms with Crippen molar-refractivity contribution in [1.29, 1.82) is 0 Å². The van der Waals surface area contributed by atoms with Crippen molar-refractivity contribution in [2.75, 3.05) is 12.4 Å². The number of nitrogens with zero attached hydrogens (tertiary/aromatic N) is 2. The molecule has 1 atom stereocenters.